The van der Waals surface area contributed by atoms with E-state index in [2.05, 4.69) is 0 Å². The van der Waals surface area contributed by atoms with Gasteiger partial charge >= 0.3 is 0 Å². The minimum Gasteiger partial charge on any atom is -0.497 e. The Hall–Kier alpha value is -1.22. The van der Waals surface area contributed by atoms with Crippen LogP contribution in [0.3, 0.4) is 0 Å². The minimum absolute atomic E-state index is 0.388. The number of fused-ring (bicyclic) bond motifs is 1. The van der Waals surface area contributed by atoms with Gasteiger partial charge in [-0.3, -0.25) is 0 Å². The van der Waals surface area contributed by atoms with Gasteiger partial charge in [0.1, 0.15) is 11.5 Å². The first-order chi connectivity index (χ1) is 7.76. The van der Waals surface area contributed by atoms with Gasteiger partial charge in [0.05, 0.1) is 20.3 Å². The van der Waals surface area contributed by atoms with Crippen LogP contribution in [0.4, 0.5) is 0 Å². The number of hydrogen-bond acceptors (Lipinski definition) is 3. The van der Waals surface area contributed by atoms with Gasteiger partial charge in [0.15, 0.2) is 0 Å². The van der Waals surface area contributed by atoms with Gasteiger partial charge < -0.3 is 14.6 Å². The lowest BCUT2D eigenvalue weighted by molar-refractivity contribution is 0.166. The summed E-state index contributed by atoms with van der Waals surface area (Å²) in [5.74, 6) is 1.58. The van der Waals surface area contributed by atoms with E-state index in [0.29, 0.717) is 0 Å². The average molecular weight is 222 g/mol. The number of ether oxygens (including phenoxy) is 2. The van der Waals surface area contributed by atoms with Crippen LogP contribution >= 0.6 is 0 Å². The molecule has 1 atom stereocenters. The zero-order valence-electron chi connectivity index (χ0n) is 9.82. The van der Waals surface area contributed by atoms with Crippen LogP contribution in [0.5, 0.6) is 11.5 Å². The lowest BCUT2D eigenvalue weighted by Gasteiger charge is -2.16. The van der Waals surface area contributed by atoms with Crippen molar-refractivity contribution in [1.29, 1.82) is 0 Å². The zero-order chi connectivity index (χ0) is 11.5. The van der Waals surface area contributed by atoms with E-state index in [-0.39, 0.29) is 6.10 Å². The van der Waals surface area contributed by atoms with Crippen molar-refractivity contribution in [1.82, 2.24) is 0 Å². The van der Waals surface area contributed by atoms with Gasteiger partial charge in [-0.25, -0.2) is 0 Å². The minimum atomic E-state index is -0.388. The molecule has 0 bridgehead atoms. The molecule has 0 aromatic heterocycles. The highest BCUT2D eigenvalue weighted by atomic mass is 16.5. The molecule has 0 fully saturated rings. The standard InChI is InChI=1S/C13H18O3/c1-15-9-7-11-10(13(8-9)16-2)5-3-4-6-12(11)14/h7-8,12,14H,3-6H2,1-2H3/t12-/m1/s1. The Bertz CT molecular complexity index is 374. The summed E-state index contributed by atoms with van der Waals surface area (Å²) in [5.41, 5.74) is 2.10. The molecule has 0 aliphatic heterocycles. The van der Waals surface area contributed by atoms with Crippen molar-refractivity contribution in [2.24, 2.45) is 0 Å². The SMILES string of the molecule is COc1cc(OC)c2c(c1)[C@H](O)CCCC2. The summed E-state index contributed by atoms with van der Waals surface area (Å²) in [4.78, 5) is 0. The fourth-order valence-corrected chi connectivity index (χ4v) is 2.30. The monoisotopic (exact) mass is 222 g/mol. The molecule has 0 amide bonds. The van der Waals surface area contributed by atoms with Crippen molar-refractivity contribution in [2.45, 2.75) is 31.8 Å². The second-order valence-corrected chi connectivity index (χ2v) is 4.16. The molecule has 1 aromatic rings. The summed E-state index contributed by atoms with van der Waals surface area (Å²) in [7, 11) is 3.29. The normalized spacial score (nSPS) is 19.8. The number of rotatable bonds is 2. The molecule has 0 saturated carbocycles. The van der Waals surface area contributed by atoms with Crippen molar-refractivity contribution in [2.75, 3.05) is 14.2 Å². The van der Waals surface area contributed by atoms with Crippen LogP contribution in [0.25, 0.3) is 0 Å². The fraction of sp³-hybridized carbons (Fsp3) is 0.538. The van der Waals surface area contributed by atoms with Crippen molar-refractivity contribution in [3.8, 4) is 11.5 Å². The van der Waals surface area contributed by atoms with Crippen LogP contribution in [0.15, 0.2) is 12.1 Å². The molecular weight excluding hydrogens is 204 g/mol. The quantitative estimate of drug-likeness (QED) is 0.781. The topological polar surface area (TPSA) is 38.7 Å². The highest BCUT2D eigenvalue weighted by Crippen LogP contribution is 2.37. The first-order valence-electron chi connectivity index (χ1n) is 5.69. The van der Waals surface area contributed by atoms with Gasteiger partial charge in [0.2, 0.25) is 0 Å². The summed E-state index contributed by atoms with van der Waals surface area (Å²) in [6, 6.07) is 3.81. The van der Waals surface area contributed by atoms with Crippen LogP contribution < -0.4 is 9.47 Å². The van der Waals surface area contributed by atoms with Gasteiger partial charge in [-0.15, -0.1) is 0 Å². The first kappa shape index (κ1) is 11.3. The zero-order valence-corrected chi connectivity index (χ0v) is 9.82. The number of aliphatic hydroxyl groups excluding tert-OH is 1. The number of hydrogen-bond donors (Lipinski definition) is 1. The maximum atomic E-state index is 10.1. The molecule has 88 valence electrons. The summed E-state index contributed by atoms with van der Waals surface area (Å²) in [6.07, 6.45) is 3.57. The summed E-state index contributed by atoms with van der Waals surface area (Å²) < 4.78 is 10.6. The summed E-state index contributed by atoms with van der Waals surface area (Å²) in [5, 5.41) is 10.1. The molecule has 1 aliphatic carbocycles. The van der Waals surface area contributed by atoms with E-state index in [9.17, 15) is 5.11 Å². The average Bonchev–Trinajstić information content (AvgIpc) is 2.50. The van der Waals surface area contributed by atoms with E-state index in [0.717, 1.165) is 48.3 Å². The Morgan fingerprint density at radius 2 is 2.00 bits per heavy atom. The molecule has 1 N–H and O–H groups in total. The summed E-state index contributed by atoms with van der Waals surface area (Å²) in [6.45, 7) is 0. The van der Waals surface area contributed by atoms with E-state index in [1.54, 1.807) is 14.2 Å². The number of aliphatic hydroxyl groups is 1. The van der Waals surface area contributed by atoms with Crippen LogP contribution in [0.2, 0.25) is 0 Å². The Balaban J connectivity index is 2.51. The van der Waals surface area contributed by atoms with Crippen molar-refractivity contribution in [3.63, 3.8) is 0 Å². The van der Waals surface area contributed by atoms with Crippen LogP contribution in [0.1, 0.15) is 36.5 Å². The van der Waals surface area contributed by atoms with E-state index in [4.69, 9.17) is 9.47 Å². The fourth-order valence-electron chi connectivity index (χ4n) is 2.30. The van der Waals surface area contributed by atoms with Crippen LogP contribution in [0, 0.1) is 0 Å². The second kappa shape index (κ2) is 4.74. The van der Waals surface area contributed by atoms with Gasteiger partial charge in [0.25, 0.3) is 0 Å². The maximum Gasteiger partial charge on any atom is 0.126 e. The third kappa shape index (κ3) is 2.00. The molecule has 2 rings (SSSR count). The molecule has 0 saturated heterocycles. The maximum absolute atomic E-state index is 10.1. The van der Waals surface area contributed by atoms with Gasteiger partial charge in [-0.2, -0.15) is 0 Å². The largest absolute Gasteiger partial charge is 0.497 e. The van der Waals surface area contributed by atoms with Crippen molar-refractivity contribution < 1.29 is 14.6 Å². The van der Waals surface area contributed by atoms with E-state index < -0.39 is 0 Å². The lowest BCUT2D eigenvalue weighted by atomic mass is 9.99. The number of methoxy groups -OCH3 is 2. The summed E-state index contributed by atoms with van der Waals surface area (Å²) >= 11 is 0. The molecular formula is C13H18O3. The van der Waals surface area contributed by atoms with E-state index in [1.165, 1.54) is 0 Å². The second-order valence-electron chi connectivity index (χ2n) is 4.16. The van der Waals surface area contributed by atoms with E-state index in [1.807, 2.05) is 12.1 Å². The van der Waals surface area contributed by atoms with Crippen molar-refractivity contribution in [3.05, 3.63) is 23.3 Å². The molecule has 1 aromatic carbocycles. The van der Waals surface area contributed by atoms with Gasteiger partial charge in [0, 0.05) is 11.6 Å². The van der Waals surface area contributed by atoms with E-state index >= 15 is 0 Å². The Morgan fingerprint density at radius 3 is 2.69 bits per heavy atom. The predicted octanol–water partition coefficient (Wildman–Crippen LogP) is 2.46. The van der Waals surface area contributed by atoms with Crippen molar-refractivity contribution >= 4 is 0 Å². The highest BCUT2D eigenvalue weighted by molar-refractivity contribution is 5.48. The molecule has 0 spiro atoms. The molecule has 0 unspecified atom stereocenters. The molecule has 3 nitrogen and oxygen atoms in total. The Morgan fingerprint density at radius 1 is 1.19 bits per heavy atom. The molecule has 0 radical (unpaired) electrons. The molecule has 0 heterocycles. The van der Waals surface area contributed by atoms with Gasteiger partial charge in [-0.1, -0.05) is 6.42 Å². The van der Waals surface area contributed by atoms with Crippen LogP contribution in [-0.2, 0) is 6.42 Å². The molecule has 16 heavy (non-hydrogen) atoms. The predicted molar refractivity (Wildman–Crippen MR) is 62.1 cm³/mol. The number of benzene rings is 1. The van der Waals surface area contributed by atoms with Gasteiger partial charge in [-0.05, 0) is 30.9 Å². The lowest BCUT2D eigenvalue weighted by Crippen LogP contribution is -2.02. The molecule has 1 aliphatic rings. The third-order valence-corrected chi connectivity index (χ3v) is 3.19. The smallest absolute Gasteiger partial charge is 0.126 e. The molecule has 3 heteroatoms. The first-order valence-corrected chi connectivity index (χ1v) is 5.69. The Labute approximate surface area is 96.0 Å². The highest BCUT2D eigenvalue weighted by Gasteiger charge is 2.20. The third-order valence-electron chi connectivity index (χ3n) is 3.19. The van der Waals surface area contributed by atoms with Crippen LogP contribution in [-0.4, -0.2) is 19.3 Å². The Kier molecular flexibility index (Phi) is 3.34.